The average molecular weight is 215 g/mol. The lowest BCUT2D eigenvalue weighted by Gasteiger charge is -2.27. The molecule has 0 aromatic carbocycles. The van der Waals surface area contributed by atoms with Gasteiger partial charge in [-0.3, -0.25) is 4.79 Å². The third kappa shape index (κ3) is 5.17. The second kappa shape index (κ2) is 6.83. The molecule has 0 aliphatic heterocycles. The molecule has 0 spiro atoms. The van der Waals surface area contributed by atoms with E-state index in [1.165, 1.54) is 0 Å². The van der Waals surface area contributed by atoms with E-state index in [4.69, 9.17) is 5.11 Å². The molecule has 0 aromatic rings. The normalized spacial score (nSPS) is 16.9. The quantitative estimate of drug-likeness (QED) is 0.683. The van der Waals surface area contributed by atoms with Crippen molar-refractivity contribution in [3.8, 4) is 0 Å². The van der Waals surface area contributed by atoms with Gasteiger partial charge in [0, 0.05) is 12.0 Å². The molecule has 0 saturated heterocycles. The minimum atomic E-state index is -0.471. The molecule has 2 atom stereocenters. The summed E-state index contributed by atoms with van der Waals surface area (Å²) in [6.07, 6.45) is 3.48. The molecule has 90 valence electrons. The highest BCUT2D eigenvalue weighted by atomic mass is 16.3. The molecule has 2 unspecified atom stereocenters. The lowest BCUT2D eigenvalue weighted by atomic mass is 9.81. The fourth-order valence-corrected chi connectivity index (χ4v) is 1.47. The molecule has 3 nitrogen and oxygen atoms in total. The van der Waals surface area contributed by atoms with Gasteiger partial charge in [0.1, 0.15) is 0 Å². The Morgan fingerprint density at radius 1 is 1.47 bits per heavy atom. The van der Waals surface area contributed by atoms with Gasteiger partial charge in [-0.05, 0) is 19.8 Å². The average Bonchev–Trinajstić information content (AvgIpc) is 2.22. The van der Waals surface area contributed by atoms with Crippen molar-refractivity contribution < 1.29 is 9.90 Å². The van der Waals surface area contributed by atoms with Gasteiger partial charge in [-0.1, -0.05) is 33.6 Å². The van der Waals surface area contributed by atoms with Crippen LogP contribution >= 0.6 is 0 Å². The first-order valence-corrected chi connectivity index (χ1v) is 5.92. The molecule has 3 heteroatoms. The van der Waals surface area contributed by atoms with Crippen LogP contribution in [0.2, 0.25) is 0 Å². The largest absolute Gasteiger partial charge is 0.392 e. The summed E-state index contributed by atoms with van der Waals surface area (Å²) in [5.41, 5.74) is -0.273. The number of rotatable bonds is 7. The fraction of sp³-hybridized carbons (Fsp3) is 0.917. The maximum atomic E-state index is 11.9. The second-order valence-corrected chi connectivity index (χ2v) is 4.58. The Bertz CT molecular complexity index is 192. The SMILES string of the molecule is CCCCC(C)(CC)C(=O)NCC(C)O. The van der Waals surface area contributed by atoms with E-state index >= 15 is 0 Å². The van der Waals surface area contributed by atoms with Gasteiger partial charge in [0.25, 0.3) is 0 Å². The van der Waals surface area contributed by atoms with Gasteiger partial charge in [-0.2, -0.15) is 0 Å². The van der Waals surface area contributed by atoms with Gasteiger partial charge in [0.15, 0.2) is 0 Å². The van der Waals surface area contributed by atoms with Crippen molar-refractivity contribution in [1.29, 1.82) is 0 Å². The van der Waals surface area contributed by atoms with Crippen LogP contribution in [-0.4, -0.2) is 23.7 Å². The molecule has 0 rings (SSSR count). The summed E-state index contributed by atoms with van der Waals surface area (Å²) in [6, 6.07) is 0. The zero-order chi connectivity index (χ0) is 11.9. The minimum absolute atomic E-state index is 0.0688. The molecule has 0 heterocycles. The van der Waals surface area contributed by atoms with Gasteiger partial charge in [0.05, 0.1) is 6.10 Å². The number of nitrogens with one attached hydrogen (secondary N) is 1. The highest BCUT2D eigenvalue weighted by molar-refractivity contribution is 5.82. The second-order valence-electron chi connectivity index (χ2n) is 4.58. The van der Waals surface area contributed by atoms with E-state index in [1.807, 2.05) is 13.8 Å². The van der Waals surface area contributed by atoms with Gasteiger partial charge >= 0.3 is 0 Å². The van der Waals surface area contributed by atoms with E-state index in [1.54, 1.807) is 6.92 Å². The number of aliphatic hydroxyl groups is 1. The minimum Gasteiger partial charge on any atom is -0.392 e. The highest BCUT2D eigenvalue weighted by Crippen LogP contribution is 2.28. The Morgan fingerprint density at radius 2 is 2.07 bits per heavy atom. The third-order valence-electron chi connectivity index (χ3n) is 2.97. The van der Waals surface area contributed by atoms with E-state index in [0.717, 1.165) is 25.7 Å². The molecule has 0 saturated carbocycles. The topological polar surface area (TPSA) is 49.3 Å². The van der Waals surface area contributed by atoms with Gasteiger partial charge in [0.2, 0.25) is 5.91 Å². The molecule has 0 fully saturated rings. The van der Waals surface area contributed by atoms with Crippen LogP contribution in [0.5, 0.6) is 0 Å². The Hall–Kier alpha value is -0.570. The van der Waals surface area contributed by atoms with Crippen LogP contribution in [0.25, 0.3) is 0 Å². The van der Waals surface area contributed by atoms with Gasteiger partial charge in [-0.25, -0.2) is 0 Å². The van der Waals surface area contributed by atoms with Crippen LogP contribution in [0.15, 0.2) is 0 Å². The summed E-state index contributed by atoms with van der Waals surface area (Å²) >= 11 is 0. The summed E-state index contributed by atoms with van der Waals surface area (Å²) in [5, 5.41) is 11.9. The lowest BCUT2D eigenvalue weighted by Crippen LogP contribution is -2.41. The van der Waals surface area contributed by atoms with Crippen LogP contribution in [-0.2, 0) is 4.79 Å². The van der Waals surface area contributed by atoms with E-state index in [9.17, 15) is 4.79 Å². The van der Waals surface area contributed by atoms with Crippen molar-refractivity contribution in [1.82, 2.24) is 5.32 Å². The van der Waals surface area contributed by atoms with Crippen molar-refractivity contribution in [3.63, 3.8) is 0 Å². The number of unbranched alkanes of at least 4 members (excludes halogenated alkanes) is 1. The number of amides is 1. The van der Waals surface area contributed by atoms with E-state index < -0.39 is 6.10 Å². The zero-order valence-electron chi connectivity index (χ0n) is 10.5. The Balaban J connectivity index is 4.18. The molecule has 0 bridgehead atoms. The summed E-state index contributed by atoms with van der Waals surface area (Å²) in [7, 11) is 0. The number of carbonyl (C=O) groups is 1. The van der Waals surface area contributed by atoms with Crippen LogP contribution < -0.4 is 5.32 Å². The first-order chi connectivity index (χ1) is 6.96. The molecule has 2 N–H and O–H groups in total. The third-order valence-corrected chi connectivity index (χ3v) is 2.97. The summed E-state index contributed by atoms with van der Waals surface area (Å²) in [6.45, 7) is 8.19. The standard InChI is InChI=1S/C12H25NO2/c1-5-7-8-12(4,6-2)11(15)13-9-10(3)14/h10,14H,5-9H2,1-4H3,(H,13,15). The van der Waals surface area contributed by atoms with Crippen LogP contribution in [0.3, 0.4) is 0 Å². The van der Waals surface area contributed by atoms with Crippen molar-refractivity contribution in [2.24, 2.45) is 5.41 Å². The summed E-state index contributed by atoms with van der Waals surface area (Å²) < 4.78 is 0. The number of hydrogen-bond acceptors (Lipinski definition) is 2. The molecule has 0 aromatic heterocycles. The Labute approximate surface area is 93.3 Å². The van der Waals surface area contributed by atoms with Crippen molar-refractivity contribution in [2.45, 2.75) is 59.5 Å². The van der Waals surface area contributed by atoms with Gasteiger partial charge in [-0.15, -0.1) is 0 Å². The number of aliphatic hydroxyl groups excluding tert-OH is 1. The monoisotopic (exact) mass is 215 g/mol. The van der Waals surface area contributed by atoms with Crippen LogP contribution in [0.1, 0.15) is 53.4 Å². The Morgan fingerprint density at radius 3 is 2.47 bits per heavy atom. The van der Waals surface area contributed by atoms with Crippen molar-refractivity contribution in [2.75, 3.05) is 6.54 Å². The van der Waals surface area contributed by atoms with E-state index in [-0.39, 0.29) is 11.3 Å². The fourth-order valence-electron chi connectivity index (χ4n) is 1.47. The lowest BCUT2D eigenvalue weighted by molar-refractivity contribution is -0.131. The predicted molar refractivity (Wildman–Crippen MR) is 62.6 cm³/mol. The van der Waals surface area contributed by atoms with Crippen molar-refractivity contribution >= 4 is 5.91 Å². The predicted octanol–water partition coefficient (Wildman–Crippen LogP) is 2.09. The first kappa shape index (κ1) is 14.4. The number of carbonyl (C=O) groups excluding carboxylic acids is 1. The molecule has 15 heavy (non-hydrogen) atoms. The zero-order valence-corrected chi connectivity index (χ0v) is 10.5. The first-order valence-electron chi connectivity index (χ1n) is 5.92. The molecular formula is C12H25NO2. The van der Waals surface area contributed by atoms with Crippen LogP contribution in [0, 0.1) is 5.41 Å². The summed E-state index contributed by atoms with van der Waals surface area (Å²) in [4.78, 5) is 11.9. The molecular weight excluding hydrogens is 190 g/mol. The van der Waals surface area contributed by atoms with Crippen LogP contribution in [0.4, 0.5) is 0 Å². The smallest absolute Gasteiger partial charge is 0.226 e. The van der Waals surface area contributed by atoms with Gasteiger partial charge < -0.3 is 10.4 Å². The maximum absolute atomic E-state index is 11.9. The number of hydrogen-bond donors (Lipinski definition) is 2. The molecule has 0 aliphatic carbocycles. The van der Waals surface area contributed by atoms with E-state index in [2.05, 4.69) is 12.2 Å². The van der Waals surface area contributed by atoms with Crippen molar-refractivity contribution in [3.05, 3.63) is 0 Å². The van der Waals surface area contributed by atoms with E-state index in [0.29, 0.717) is 6.54 Å². The molecule has 0 radical (unpaired) electrons. The molecule has 0 aliphatic rings. The highest BCUT2D eigenvalue weighted by Gasteiger charge is 2.30. The Kier molecular flexibility index (Phi) is 6.57. The maximum Gasteiger partial charge on any atom is 0.226 e. The summed E-state index contributed by atoms with van der Waals surface area (Å²) in [5.74, 6) is 0.0688. The molecule has 1 amide bonds.